The molecule has 0 N–H and O–H groups in total. The van der Waals surface area contributed by atoms with E-state index in [-0.39, 0.29) is 11.8 Å². The number of hydrogen-bond acceptors (Lipinski definition) is 2. The molecule has 1 aliphatic heterocycles. The molecule has 4 aliphatic carbocycles. The minimum Gasteiger partial charge on any atom is -0.344 e. The van der Waals surface area contributed by atoms with Crippen LogP contribution in [0.5, 0.6) is 0 Å². The van der Waals surface area contributed by atoms with Crippen LogP contribution >= 0.6 is 0 Å². The molecule has 1 saturated heterocycles. The Morgan fingerprint density at radius 1 is 0.895 bits per heavy atom. The van der Waals surface area contributed by atoms with Crippen molar-refractivity contribution in [3.05, 3.63) is 0 Å². The van der Waals surface area contributed by atoms with Crippen LogP contribution < -0.4 is 0 Å². The molecule has 4 heteroatoms. The fraction of sp³-hybridized carbons (Fsp3) is 1.00. The molecule has 1 spiro atoms. The van der Waals surface area contributed by atoms with E-state index in [0.717, 1.165) is 25.7 Å². The topological polar surface area (TPSA) is 18.5 Å². The molecule has 0 aromatic carbocycles. The molecule has 4 saturated carbocycles. The molecular weight excluding hydrogens is 250 g/mol. The van der Waals surface area contributed by atoms with E-state index in [1.807, 2.05) is 0 Å². The quantitative estimate of drug-likeness (QED) is 0.671. The van der Waals surface area contributed by atoms with Crippen molar-refractivity contribution >= 4 is 0 Å². The van der Waals surface area contributed by atoms with Gasteiger partial charge in [-0.2, -0.15) is 0 Å². The summed E-state index contributed by atoms with van der Waals surface area (Å²) >= 11 is 0. The van der Waals surface area contributed by atoms with Crippen LogP contribution in [0.1, 0.15) is 46.0 Å². The van der Waals surface area contributed by atoms with Crippen molar-refractivity contribution in [3.63, 3.8) is 0 Å². The van der Waals surface area contributed by atoms with Crippen molar-refractivity contribution in [2.45, 2.75) is 63.3 Å². The average Bonchev–Trinajstić information content (AvgIpc) is 2.29. The van der Waals surface area contributed by atoms with E-state index in [0.29, 0.717) is 11.8 Å². The first-order chi connectivity index (χ1) is 8.82. The van der Waals surface area contributed by atoms with Gasteiger partial charge in [0.15, 0.2) is 5.79 Å². The van der Waals surface area contributed by atoms with Crippen LogP contribution in [0.25, 0.3) is 0 Å². The Morgan fingerprint density at radius 3 is 1.95 bits per heavy atom. The zero-order valence-electron chi connectivity index (χ0n) is 11.6. The third-order valence-corrected chi connectivity index (χ3v) is 5.94. The first kappa shape index (κ1) is 12.5. The molecule has 5 fully saturated rings. The molecule has 0 unspecified atom stereocenters. The highest BCUT2D eigenvalue weighted by Crippen LogP contribution is 2.65. The number of alkyl halides is 2. The maximum Gasteiger partial charge on any atom is 0.299 e. The van der Waals surface area contributed by atoms with E-state index in [9.17, 15) is 8.78 Å². The molecule has 1 heterocycles. The number of halogens is 2. The van der Waals surface area contributed by atoms with E-state index < -0.39 is 23.9 Å². The van der Waals surface area contributed by atoms with Crippen LogP contribution in [0.15, 0.2) is 0 Å². The zero-order valence-corrected chi connectivity index (χ0v) is 11.6. The summed E-state index contributed by atoms with van der Waals surface area (Å²) in [5.74, 6) is -2.33. The zero-order chi connectivity index (χ0) is 13.5. The maximum absolute atomic E-state index is 14.7. The molecule has 19 heavy (non-hydrogen) atoms. The summed E-state index contributed by atoms with van der Waals surface area (Å²) in [5, 5.41) is 0. The van der Waals surface area contributed by atoms with Crippen LogP contribution in [0.4, 0.5) is 8.78 Å². The van der Waals surface area contributed by atoms with E-state index in [1.54, 1.807) is 13.8 Å². The van der Waals surface area contributed by atoms with Crippen molar-refractivity contribution in [2.75, 3.05) is 6.61 Å². The summed E-state index contributed by atoms with van der Waals surface area (Å²) in [7, 11) is 0. The second kappa shape index (κ2) is 3.51. The van der Waals surface area contributed by atoms with Crippen molar-refractivity contribution in [1.82, 2.24) is 0 Å². The molecule has 0 aromatic heterocycles. The Morgan fingerprint density at radius 2 is 1.42 bits per heavy atom. The summed E-state index contributed by atoms with van der Waals surface area (Å²) in [4.78, 5) is 0. The SMILES string of the molecule is CC1(C)OCC(F)(F)C2(O1)C1CC3CC(C1)CC2C3. The van der Waals surface area contributed by atoms with Gasteiger partial charge in [-0.1, -0.05) is 0 Å². The predicted molar refractivity (Wildman–Crippen MR) is 65.8 cm³/mol. The Bertz CT molecular complexity index is 377. The summed E-state index contributed by atoms with van der Waals surface area (Å²) in [6.45, 7) is 3.06. The molecule has 0 radical (unpaired) electrons. The molecule has 0 aromatic rings. The summed E-state index contributed by atoms with van der Waals surface area (Å²) in [5.41, 5.74) is -1.25. The van der Waals surface area contributed by atoms with Gasteiger partial charge in [0.25, 0.3) is 5.92 Å². The van der Waals surface area contributed by atoms with Gasteiger partial charge in [-0.3, -0.25) is 0 Å². The Kier molecular flexibility index (Phi) is 2.31. The number of ether oxygens (including phenoxy) is 2. The Hall–Kier alpha value is -0.220. The van der Waals surface area contributed by atoms with Gasteiger partial charge in [0, 0.05) is 0 Å². The van der Waals surface area contributed by atoms with Gasteiger partial charge in [-0.05, 0) is 69.6 Å². The highest BCUT2D eigenvalue weighted by Gasteiger charge is 2.72. The van der Waals surface area contributed by atoms with Crippen LogP contribution in [-0.2, 0) is 9.47 Å². The van der Waals surface area contributed by atoms with E-state index in [1.165, 1.54) is 6.42 Å². The van der Waals surface area contributed by atoms with Gasteiger partial charge in [-0.15, -0.1) is 0 Å². The second-order valence-corrected chi connectivity index (χ2v) is 7.59. The van der Waals surface area contributed by atoms with Gasteiger partial charge in [0.1, 0.15) is 12.2 Å². The molecule has 0 amide bonds. The summed E-state index contributed by atoms with van der Waals surface area (Å²) in [6, 6.07) is 0. The average molecular weight is 272 g/mol. The van der Waals surface area contributed by atoms with Crippen LogP contribution in [0, 0.1) is 23.7 Å². The van der Waals surface area contributed by atoms with E-state index in [4.69, 9.17) is 9.47 Å². The molecule has 108 valence electrons. The van der Waals surface area contributed by atoms with E-state index >= 15 is 0 Å². The molecule has 5 rings (SSSR count). The molecule has 2 nitrogen and oxygen atoms in total. The standard InChI is InChI=1S/C15H22F2O2/c1-13(2)18-8-14(16,17)15(19-13)11-4-9-3-10(6-11)7-12(15)5-9/h9-12H,3-8H2,1-2H3. The first-order valence-corrected chi connectivity index (χ1v) is 7.54. The molecule has 4 bridgehead atoms. The Labute approximate surface area is 112 Å². The van der Waals surface area contributed by atoms with Crippen LogP contribution in [0.2, 0.25) is 0 Å². The van der Waals surface area contributed by atoms with Gasteiger partial charge in [0.05, 0.1) is 0 Å². The maximum atomic E-state index is 14.7. The molecule has 5 aliphatic rings. The smallest absolute Gasteiger partial charge is 0.299 e. The highest BCUT2D eigenvalue weighted by molar-refractivity contribution is 5.15. The fourth-order valence-corrected chi connectivity index (χ4v) is 5.54. The van der Waals surface area contributed by atoms with Crippen molar-refractivity contribution in [3.8, 4) is 0 Å². The lowest BCUT2D eigenvalue weighted by atomic mass is 9.48. The largest absolute Gasteiger partial charge is 0.344 e. The minimum atomic E-state index is -2.84. The second-order valence-electron chi connectivity index (χ2n) is 7.59. The van der Waals surface area contributed by atoms with Crippen molar-refractivity contribution < 1.29 is 18.3 Å². The van der Waals surface area contributed by atoms with Gasteiger partial charge in [-0.25, -0.2) is 8.78 Å². The van der Waals surface area contributed by atoms with Gasteiger partial charge < -0.3 is 9.47 Å². The van der Waals surface area contributed by atoms with Crippen LogP contribution in [0.3, 0.4) is 0 Å². The lowest BCUT2D eigenvalue weighted by Crippen LogP contribution is -2.73. The predicted octanol–water partition coefficient (Wildman–Crippen LogP) is 3.60. The molecule has 0 atom stereocenters. The molecular formula is C15H22F2O2. The normalized spacial score (nSPS) is 53.7. The number of hydrogen-bond donors (Lipinski definition) is 0. The fourth-order valence-electron chi connectivity index (χ4n) is 5.54. The summed E-state index contributed by atoms with van der Waals surface area (Å²) in [6.07, 6.45) is 4.98. The lowest BCUT2D eigenvalue weighted by Gasteiger charge is -2.65. The highest BCUT2D eigenvalue weighted by atomic mass is 19.3. The monoisotopic (exact) mass is 272 g/mol. The number of rotatable bonds is 0. The van der Waals surface area contributed by atoms with Gasteiger partial charge >= 0.3 is 0 Å². The van der Waals surface area contributed by atoms with Crippen LogP contribution in [-0.4, -0.2) is 23.9 Å². The first-order valence-electron chi connectivity index (χ1n) is 7.54. The van der Waals surface area contributed by atoms with Crippen molar-refractivity contribution in [2.24, 2.45) is 23.7 Å². The van der Waals surface area contributed by atoms with Gasteiger partial charge in [0.2, 0.25) is 0 Å². The third-order valence-electron chi connectivity index (χ3n) is 5.94. The Balaban J connectivity index is 1.78. The minimum absolute atomic E-state index is 0.0296. The third kappa shape index (κ3) is 1.53. The lowest BCUT2D eigenvalue weighted by molar-refractivity contribution is -0.429. The van der Waals surface area contributed by atoms with Crippen molar-refractivity contribution in [1.29, 1.82) is 0 Å². The summed E-state index contributed by atoms with van der Waals surface area (Å²) < 4.78 is 40.6. The van der Waals surface area contributed by atoms with E-state index in [2.05, 4.69) is 0 Å².